The third kappa shape index (κ3) is 4.94. The summed E-state index contributed by atoms with van der Waals surface area (Å²) in [5.41, 5.74) is 2.88. The van der Waals surface area contributed by atoms with Gasteiger partial charge < -0.3 is 9.47 Å². The van der Waals surface area contributed by atoms with Crippen LogP contribution < -0.4 is 4.74 Å². The molecule has 0 atom stereocenters. The Bertz CT molecular complexity index is 907. The van der Waals surface area contributed by atoms with E-state index in [0.29, 0.717) is 25.0 Å². The van der Waals surface area contributed by atoms with Crippen molar-refractivity contribution in [3.8, 4) is 5.75 Å². The van der Waals surface area contributed by atoms with Gasteiger partial charge in [-0.15, -0.1) is 0 Å². The standard InChI is InChI=1S/C23H21FO3/c1-26-23(25)20-14-12-18(21(24)15-20)11-13-19-9-5-6-10-22(19)27-16-17-7-3-2-4-8-17/h2-10,12,14-15H,11,13,16H2,1H3. The first-order valence-corrected chi connectivity index (χ1v) is 8.79. The van der Waals surface area contributed by atoms with Crippen LogP contribution in [-0.2, 0) is 24.2 Å². The summed E-state index contributed by atoms with van der Waals surface area (Å²) in [7, 11) is 1.28. The van der Waals surface area contributed by atoms with Gasteiger partial charge in [0.1, 0.15) is 18.2 Å². The van der Waals surface area contributed by atoms with Gasteiger partial charge in [0.2, 0.25) is 0 Å². The highest BCUT2D eigenvalue weighted by Crippen LogP contribution is 2.22. The van der Waals surface area contributed by atoms with Crippen molar-refractivity contribution in [3.05, 3.63) is 101 Å². The lowest BCUT2D eigenvalue weighted by Gasteiger charge is -2.12. The number of para-hydroxylation sites is 1. The maximum atomic E-state index is 14.3. The van der Waals surface area contributed by atoms with Gasteiger partial charge in [-0.25, -0.2) is 9.18 Å². The van der Waals surface area contributed by atoms with Crippen LogP contribution in [-0.4, -0.2) is 13.1 Å². The third-order valence-electron chi connectivity index (χ3n) is 4.35. The van der Waals surface area contributed by atoms with Crippen LogP contribution in [0.25, 0.3) is 0 Å². The van der Waals surface area contributed by atoms with Crippen LogP contribution >= 0.6 is 0 Å². The highest BCUT2D eigenvalue weighted by molar-refractivity contribution is 5.89. The molecule has 0 radical (unpaired) electrons. The van der Waals surface area contributed by atoms with Gasteiger partial charge in [0.25, 0.3) is 0 Å². The predicted molar refractivity (Wildman–Crippen MR) is 102 cm³/mol. The summed E-state index contributed by atoms with van der Waals surface area (Å²) in [6.07, 6.45) is 1.15. The van der Waals surface area contributed by atoms with Gasteiger partial charge in [0.05, 0.1) is 12.7 Å². The van der Waals surface area contributed by atoms with Gasteiger partial charge in [-0.2, -0.15) is 0 Å². The van der Waals surface area contributed by atoms with Crippen LogP contribution in [0.4, 0.5) is 4.39 Å². The third-order valence-corrected chi connectivity index (χ3v) is 4.35. The van der Waals surface area contributed by atoms with Crippen LogP contribution in [0.5, 0.6) is 5.75 Å². The van der Waals surface area contributed by atoms with Gasteiger partial charge >= 0.3 is 5.97 Å². The second-order valence-corrected chi connectivity index (χ2v) is 6.18. The molecule has 0 saturated heterocycles. The van der Waals surface area contributed by atoms with Gasteiger partial charge in [0, 0.05) is 0 Å². The second-order valence-electron chi connectivity index (χ2n) is 6.18. The lowest BCUT2D eigenvalue weighted by Crippen LogP contribution is -2.04. The SMILES string of the molecule is COC(=O)c1ccc(CCc2ccccc2OCc2ccccc2)c(F)c1. The molecule has 0 aliphatic carbocycles. The monoisotopic (exact) mass is 364 g/mol. The number of halogens is 1. The van der Waals surface area contributed by atoms with Gasteiger partial charge in [-0.1, -0.05) is 54.6 Å². The van der Waals surface area contributed by atoms with Crippen LogP contribution in [0, 0.1) is 5.82 Å². The highest BCUT2D eigenvalue weighted by Gasteiger charge is 2.11. The Labute approximate surface area is 158 Å². The number of aryl methyl sites for hydroxylation is 2. The van der Waals surface area contributed by atoms with Crippen molar-refractivity contribution in [2.24, 2.45) is 0 Å². The number of hydrogen-bond acceptors (Lipinski definition) is 3. The summed E-state index contributed by atoms with van der Waals surface area (Å²) in [6.45, 7) is 0.486. The molecule has 3 aromatic rings. The first-order valence-electron chi connectivity index (χ1n) is 8.79. The lowest BCUT2D eigenvalue weighted by molar-refractivity contribution is 0.0600. The van der Waals surface area contributed by atoms with E-state index in [0.717, 1.165) is 16.9 Å². The maximum Gasteiger partial charge on any atom is 0.337 e. The Kier molecular flexibility index (Phi) is 6.21. The minimum atomic E-state index is -0.542. The second kappa shape index (κ2) is 8.99. The van der Waals surface area contributed by atoms with E-state index in [9.17, 15) is 9.18 Å². The molecule has 0 bridgehead atoms. The fourth-order valence-electron chi connectivity index (χ4n) is 2.85. The van der Waals surface area contributed by atoms with Crippen LogP contribution in [0.2, 0.25) is 0 Å². The van der Waals surface area contributed by atoms with Crippen molar-refractivity contribution in [1.29, 1.82) is 0 Å². The lowest BCUT2D eigenvalue weighted by atomic mass is 10.0. The van der Waals surface area contributed by atoms with Gasteiger partial charge in [-0.05, 0) is 47.7 Å². The Hall–Kier alpha value is -3.14. The quantitative estimate of drug-likeness (QED) is 0.555. The summed E-state index contributed by atoms with van der Waals surface area (Å²) < 4.78 is 24.8. The summed E-state index contributed by atoms with van der Waals surface area (Å²) in [5, 5.41) is 0. The number of ether oxygens (including phenoxy) is 2. The van der Waals surface area contributed by atoms with E-state index in [1.807, 2.05) is 54.6 Å². The number of carbonyl (C=O) groups is 1. The molecule has 3 nitrogen and oxygen atoms in total. The van der Waals surface area contributed by atoms with Crippen molar-refractivity contribution in [1.82, 2.24) is 0 Å². The molecular weight excluding hydrogens is 343 g/mol. The van der Waals surface area contributed by atoms with Crippen molar-refractivity contribution < 1.29 is 18.7 Å². The normalized spacial score (nSPS) is 10.4. The van der Waals surface area contributed by atoms with Gasteiger partial charge in [-0.3, -0.25) is 0 Å². The van der Waals surface area contributed by atoms with Crippen molar-refractivity contribution in [2.75, 3.05) is 7.11 Å². The average molecular weight is 364 g/mol. The minimum Gasteiger partial charge on any atom is -0.489 e. The number of esters is 1. The van der Waals surface area contributed by atoms with Crippen molar-refractivity contribution >= 4 is 5.97 Å². The van der Waals surface area contributed by atoms with Crippen molar-refractivity contribution in [2.45, 2.75) is 19.4 Å². The van der Waals surface area contributed by atoms with E-state index < -0.39 is 11.8 Å². The molecule has 0 aliphatic rings. The average Bonchev–Trinajstić information content (AvgIpc) is 2.72. The largest absolute Gasteiger partial charge is 0.489 e. The molecule has 0 amide bonds. The first kappa shape index (κ1) is 18.6. The van der Waals surface area contributed by atoms with Crippen LogP contribution in [0.1, 0.15) is 27.0 Å². The fourth-order valence-corrected chi connectivity index (χ4v) is 2.85. The highest BCUT2D eigenvalue weighted by atomic mass is 19.1. The minimum absolute atomic E-state index is 0.213. The summed E-state index contributed by atoms with van der Waals surface area (Å²) in [5.74, 6) is -0.145. The summed E-state index contributed by atoms with van der Waals surface area (Å²) in [4.78, 5) is 11.5. The Morgan fingerprint density at radius 2 is 1.59 bits per heavy atom. The molecule has 138 valence electrons. The van der Waals surface area contributed by atoms with Crippen LogP contribution in [0.15, 0.2) is 72.8 Å². The molecule has 0 unspecified atom stereocenters. The molecule has 0 aromatic heterocycles. The van der Waals surface area contributed by atoms with E-state index in [-0.39, 0.29) is 5.56 Å². The van der Waals surface area contributed by atoms with E-state index in [2.05, 4.69) is 4.74 Å². The van der Waals surface area contributed by atoms with E-state index in [1.54, 1.807) is 12.1 Å². The zero-order valence-corrected chi connectivity index (χ0v) is 15.2. The number of methoxy groups -OCH3 is 1. The molecule has 0 N–H and O–H groups in total. The number of carbonyl (C=O) groups excluding carboxylic acids is 1. The molecule has 3 aromatic carbocycles. The maximum absolute atomic E-state index is 14.3. The molecule has 0 fully saturated rings. The smallest absolute Gasteiger partial charge is 0.337 e. The molecule has 0 spiro atoms. The molecular formula is C23H21FO3. The molecule has 0 heterocycles. The van der Waals surface area contributed by atoms with E-state index in [4.69, 9.17) is 4.74 Å². The van der Waals surface area contributed by atoms with Crippen LogP contribution in [0.3, 0.4) is 0 Å². The van der Waals surface area contributed by atoms with Crippen molar-refractivity contribution in [3.63, 3.8) is 0 Å². The topological polar surface area (TPSA) is 35.5 Å². The number of benzene rings is 3. The molecule has 0 saturated carbocycles. The Morgan fingerprint density at radius 3 is 2.33 bits per heavy atom. The number of rotatable bonds is 7. The van der Waals surface area contributed by atoms with Gasteiger partial charge in [0.15, 0.2) is 0 Å². The molecule has 3 rings (SSSR count). The Balaban J connectivity index is 1.67. The summed E-state index contributed by atoms with van der Waals surface area (Å²) in [6, 6.07) is 22.2. The molecule has 27 heavy (non-hydrogen) atoms. The van der Waals surface area contributed by atoms with E-state index in [1.165, 1.54) is 13.2 Å². The zero-order chi connectivity index (χ0) is 19.1. The fraction of sp³-hybridized carbons (Fsp3) is 0.174. The molecule has 4 heteroatoms. The van der Waals surface area contributed by atoms with E-state index >= 15 is 0 Å². The Morgan fingerprint density at radius 1 is 0.889 bits per heavy atom. The summed E-state index contributed by atoms with van der Waals surface area (Å²) >= 11 is 0. The number of hydrogen-bond donors (Lipinski definition) is 0. The molecule has 0 aliphatic heterocycles. The first-order chi connectivity index (χ1) is 13.2. The predicted octanol–water partition coefficient (Wildman–Crippen LogP) is 4.98. The zero-order valence-electron chi connectivity index (χ0n) is 15.2.